The number of morpholine rings is 1. The van der Waals surface area contributed by atoms with Gasteiger partial charge in [-0.3, -0.25) is 15.5 Å². The van der Waals surface area contributed by atoms with Crippen LogP contribution in [0.4, 0.5) is 11.4 Å². The second-order valence-corrected chi connectivity index (χ2v) is 7.36. The first-order valence-corrected chi connectivity index (χ1v) is 9.21. The lowest BCUT2D eigenvalue weighted by Crippen LogP contribution is -2.40. The van der Waals surface area contributed by atoms with E-state index in [9.17, 15) is 18.5 Å². The number of anilines is 1. The number of hydrazone groups is 1. The number of sulfonamides is 1. The number of ether oxygens (including phenoxy) is 1. The fraction of sp³-hybridized carbons (Fsp3) is 0.267. The summed E-state index contributed by atoms with van der Waals surface area (Å²) in [7, 11) is -3.93. The number of aromatic nitrogens is 1. The molecule has 1 aromatic carbocycles. The van der Waals surface area contributed by atoms with E-state index in [0.29, 0.717) is 0 Å². The zero-order valence-electron chi connectivity index (χ0n) is 13.7. The minimum atomic E-state index is -3.93. The summed E-state index contributed by atoms with van der Waals surface area (Å²) in [5, 5.41) is 15.1. The Hall–Kier alpha value is -2.76. The summed E-state index contributed by atoms with van der Waals surface area (Å²) in [6, 6.07) is 7.17. The molecule has 2 heterocycles. The molecule has 0 unspecified atom stereocenters. The number of hydrogen-bond donors (Lipinski definition) is 2. The van der Waals surface area contributed by atoms with E-state index in [-0.39, 0.29) is 42.6 Å². The summed E-state index contributed by atoms with van der Waals surface area (Å²) in [6.07, 6.45) is 3.20. The van der Waals surface area contributed by atoms with Gasteiger partial charge in [0, 0.05) is 31.4 Å². The van der Waals surface area contributed by atoms with Crippen molar-refractivity contribution in [1.29, 1.82) is 0 Å². The molecule has 10 nitrogen and oxygen atoms in total. The van der Waals surface area contributed by atoms with Gasteiger partial charge in [-0.15, -0.1) is 0 Å². The number of nitrogens with zero attached hydrogens (tertiary/aromatic N) is 3. The molecule has 0 radical (unpaired) electrons. The normalized spacial score (nSPS) is 16.0. The van der Waals surface area contributed by atoms with Gasteiger partial charge in [0.1, 0.15) is 4.90 Å². The Morgan fingerprint density at radius 3 is 2.73 bits per heavy atom. The van der Waals surface area contributed by atoms with Gasteiger partial charge in [0.05, 0.1) is 35.7 Å². The van der Waals surface area contributed by atoms with Crippen LogP contribution in [0.3, 0.4) is 0 Å². The molecule has 2 N–H and O–H groups in total. The van der Waals surface area contributed by atoms with Crippen LogP contribution >= 0.6 is 0 Å². The predicted molar refractivity (Wildman–Crippen MR) is 94.7 cm³/mol. The van der Waals surface area contributed by atoms with Crippen molar-refractivity contribution in [2.24, 2.45) is 5.10 Å². The van der Waals surface area contributed by atoms with Crippen molar-refractivity contribution in [1.82, 2.24) is 9.29 Å². The average molecular weight is 379 g/mol. The second-order valence-electron chi connectivity index (χ2n) is 5.45. The van der Waals surface area contributed by atoms with Crippen molar-refractivity contribution in [3.05, 3.63) is 52.3 Å². The molecule has 0 atom stereocenters. The molecule has 0 amide bonds. The number of hydrogen-bond acceptors (Lipinski definition) is 7. The molecular formula is C15H17N5O5S. The van der Waals surface area contributed by atoms with Crippen LogP contribution in [0.15, 0.2) is 46.5 Å². The number of nitro benzene ring substituents is 1. The van der Waals surface area contributed by atoms with Gasteiger partial charge in [-0.05, 0) is 18.2 Å². The molecule has 1 aliphatic heterocycles. The largest absolute Gasteiger partial charge is 0.379 e. The van der Waals surface area contributed by atoms with E-state index >= 15 is 0 Å². The van der Waals surface area contributed by atoms with Crippen LogP contribution in [0.1, 0.15) is 5.69 Å². The molecule has 0 saturated carbocycles. The molecule has 1 aliphatic rings. The highest BCUT2D eigenvalue weighted by Crippen LogP contribution is 2.29. The van der Waals surface area contributed by atoms with E-state index in [1.807, 2.05) is 0 Å². The van der Waals surface area contributed by atoms with Gasteiger partial charge < -0.3 is 9.72 Å². The molecule has 2 aromatic rings. The molecule has 0 bridgehead atoms. The monoisotopic (exact) mass is 379 g/mol. The first kappa shape index (κ1) is 18.0. The van der Waals surface area contributed by atoms with Crippen molar-refractivity contribution < 1.29 is 18.1 Å². The maximum absolute atomic E-state index is 12.9. The standard InChI is InChI=1S/C15H17N5O5S/c21-20(22)13-3-4-14(18-17-11-12-2-1-5-16-12)15(10-13)26(23,24)19-6-8-25-9-7-19/h1-5,10-11,16,18H,6-9H2. The number of nitrogens with one attached hydrogen (secondary N) is 2. The Morgan fingerprint density at radius 2 is 2.08 bits per heavy atom. The highest BCUT2D eigenvalue weighted by atomic mass is 32.2. The number of nitro groups is 1. The van der Waals surface area contributed by atoms with E-state index in [0.717, 1.165) is 11.8 Å². The van der Waals surface area contributed by atoms with E-state index < -0.39 is 14.9 Å². The third-order valence-corrected chi connectivity index (χ3v) is 5.71. The lowest BCUT2D eigenvalue weighted by atomic mass is 10.3. The van der Waals surface area contributed by atoms with E-state index in [2.05, 4.69) is 15.5 Å². The van der Waals surface area contributed by atoms with Crippen LogP contribution in [0, 0.1) is 10.1 Å². The van der Waals surface area contributed by atoms with Gasteiger partial charge in [0.15, 0.2) is 0 Å². The summed E-state index contributed by atoms with van der Waals surface area (Å²) >= 11 is 0. The lowest BCUT2D eigenvalue weighted by Gasteiger charge is -2.26. The molecule has 26 heavy (non-hydrogen) atoms. The first-order chi connectivity index (χ1) is 12.5. The number of benzene rings is 1. The van der Waals surface area contributed by atoms with Crippen LogP contribution in [0.2, 0.25) is 0 Å². The summed E-state index contributed by atoms with van der Waals surface area (Å²) in [4.78, 5) is 13.2. The molecule has 1 saturated heterocycles. The van der Waals surface area contributed by atoms with Gasteiger partial charge in [-0.25, -0.2) is 8.42 Å². The molecule has 11 heteroatoms. The highest BCUT2D eigenvalue weighted by molar-refractivity contribution is 7.89. The topological polar surface area (TPSA) is 130 Å². The smallest absolute Gasteiger partial charge is 0.270 e. The highest BCUT2D eigenvalue weighted by Gasteiger charge is 2.30. The SMILES string of the molecule is O=[N+]([O-])c1ccc(NN=Cc2ccc[nH]2)c(S(=O)(=O)N2CCOCC2)c1. The predicted octanol–water partition coefficient (Wildman–Crippen LogP) is 1.39. The average Bonchev–Trinajstić information content (AvgIpc) is 3.16. The summed E-state index contributed by atoms with van der Waals surface area (Å²) in [5.41, 5.74) is 3.22. The Bertz CT molecular complexity index is 905. The van der Waals surface area contributed by atoms with Crippen molar-refractivity contribution in [3.8, 4) is 0 Å². The fourth-order valence-electron chi connectivity index (χ4n) is 2.45. The molecule has 1 fully saturated rings. The quantitative estimate of drug-likeness (QED) is 0.443. The molecule has 138 valence electrons. The van der Waals surface area contributed by atoms with Gasteiger partial charge >= 0.3 is 0 Å². The molecule has 0 aliphatic carbocycles. The Balaban J connectivity index is 1.94. The van der Waals surface area contributed by atoms with Crippen LogP contribution in [-0.4, -0.2) is 55.1 Å². The van der Waals surface area contributed by atoms with E-state index in [1.165, 1.54) is 22.7 Å². The van der Waals surface area contributed by atoms with Gasteiger partial charge in [-0.1, -0.05) is 0 Å². The minimum absolute atomic E-state index is 0.157. The lowest BCUT2D eigenvalue weighted by molar-refractivity contribution is -0.385. The van der Waals surface area contributed by atoms with E-state index in [1.54, 1.807) is 18.3 Å². The molecular weight excluding hydrogens is 362 g/mol. The van der Waals surface area contributed by atoms with Gasteiger partial charge in [0.2, 0.25) is 10.0 Å². The maximum atomic E-state index is 12.9. The molecule has 1 aromatic heterocycles. The van der Waals surface area contributed by atoms with Crippen LogP contribution in [0.5, 0.6) is 0 Å². The van der Waals surface area contributed by atoms with Gasteiger partial charge in [0.25, 0.3) is 5.69 Å². The summed E-state index contributed by atoms with van der Waals surface area (Å²) < 4.78 is 32.3. The fourth-order valence-corrected chi connectivity index (χ4v) is 4.02. The Morgan fingerprint density at radius 1 is 1.31 bits per heavy atom. The van der Waals surface area contributed by atoms with Crippen molar-refractivity contribution in [2.45, 2.75) is 4.90 Å². The van der Waals surface area contributed by atoms with Crippen LogP contribution < -0.4 is 5.43 Å². The summed E-state index contributed by atoms with van der Waals surface area (Å²) in [5.74, 6) is 0. The zero-order chi connectivity index (χ0) is 18.6. The third kappa shape index (κ3) is 3.90. The summed E-state index contributed by atoms with van der Waals surface area (Å²) in [6.45, 7) is 0.941. The minimum Gasteiger partial charge on any atom is -0.379 e. The van der Waals surface area contributed by atoms with E-state index in [4.69, 9.17) is 4.74 Å². The number of aromatic amines is 1. The van der Waals surface area contributed by atoms with Crippen LogP contribution in [-0.2, 0) is 14.8 Å². The van der Waals surface area contributed by atoms with Crippen molar-refractivity contribution in [2.75, 3.05) is 31.7 Å². The number of H-pyrrole nitrogens is 1. The van der Waals surface area contributed by atoms with Gasteiger partial charge in [-0.2, -0.15) is 9.41 Å². The zero-order valence-corrected chi connectivity index (χ0v) is 14.5. The second kappa shape index (κ2) is 7.64. The van der Waals surface area contributed by atoms with Crippen molar-refractivity contribution >= 4 is 27.6 Å². The number of rotatable bonds is 6. The molecule has 0 spiro atoms. The van der Waals surface area contributed by atoms with Crippen molar-refractivity contribution in [3.63, 3.8) is 0 Å². The number of non-ortho nitro benzene ring substituents is 1. The maximum Gasteiger partial charge on any atom is 0.270 e. The first-order valence-electron chi connectivity index (χ1n) is 7.77. The molecule has 3 rings (SSSR count). The Kier molecular flexibility index (Phi) is 5.30. The Labute approximate surface area is 149 Å². The van der Waals surface area contributed by atoms with Crippen LogP contribution in [0.25, 0.3) is 0 Å². The third-order valence-electron chi connectivity index (χ3n) is 3.77.